The maximum Gasteiger partial charge on any atom is 0.252 e. The Kier molecular flexibility index (Phi) is 11.9. The van der Waals surface area contributed by atoms with Crippen molar-refractivity contribution in [1.29, 1.82) is 0 Å². The fourth-order valence-electron chi connectivity index (χ4n) is 10.1. The second kappa shape index (κ2) is 16.7. The van der Waals surface area contributed by atoms with Gasteiger partial charge in [-0.1, -0.05) is 171 Å². The van der Waals surface area contributed by atoms with E-state index >= 15 is 0 Å². The molecule has 2 aliphatic rings. The van der Waals surface area contributed by atoms with Gasteiger partial charge in [-0.2, -0.15) is 0 Å². The molecule has 6 aromatic carbocycles. The van der Waals surface area contributed by atoms with Crippen molar-refractivity contribution in [2.45, 2.75) is 170 Å². The van der Waals surface area contributed by atoms with Crippen molar-refractivity contribution >= 4 is 57.2 Å². The summed E-state index contributed by atoms with van der Waals surface area (Å²) in [5, 5.41) is 0. The van der Waals surface area contributed by atoms with E-state index in [0.717, 1.165) is 32.1 Å². The van der Waals surface area contributed by atoms with Crippen LogP contribution in [-0.4, -0.2) is 6.71 Å². The first-order valence-electron chi connectivity index (χ1n) is 25.0. The molecule has 0 unspecified atom stereocenters. The van der Waals surface area contributed by atoms with Gasteiger partial charge in [-0.05, 0) is 170 Å². The number of anilines is 6. The van der Waals surface area contributed by atoms with Crippen LogP contribution in [0.2, 0.25) is 0 Å². The topological polar surface area (TPSA) is 6.48 Å². The number of fused-ring (bicyclic) bond motifs is 4. The molecule has 2 aliphatic heterocycles. The summed E-state index contributed by atoms with van der Waals surface area (Å²) in [6, 6.07) is 46.3. The van der Waals surface area contributed by atoms with E-state index in [1.165, 1.54) is 95.0 Å². The van der Waals surface area contributed by atoms with Gasteiger partial charge in [-0.15, -0.1) is 0 Å². The zero-order valence-electron chi connectivity index (χ0n) is 43.0. The van der Waals surface area contributed by atoms with Crippen molar-refractivity contribution in [2.24, 2.45) is 0 Å². The van der Waals surface area contributed by atoms with Crippen LogP contribution in [0.3, 0.4) is 0 Å². The average Bonchev–Trinajstić information content (AvgIpc) is 3.30. The van der Waals surface area contributed by atoms with E-state index in [-0.39, 0.29) is 33.8 Å². The SMILES string of the molecule is CCC(C)(C)c1ccc(-c2cc(C(C)(C)CC)ccc2N2c3ccc(C(C)(C)CC)cc3B3c4cc(C(C)(C)CC)ccc4N(c4ccc(C(C)(C)CC)cc4)c4cc(C)cc2c43)cc1. The van der Waals surface area contributed by atoms with Crippen molar-refractivity contribution < 1.29 is 0 Å². The highest BCUT2D eigenvalue weighted by Gasteiger charge is 2.45. The van der Waals surface area contributed by atoms with Crippen molar-refractivity contribution in [3.63, 3.8) is 0 Å². The fraction of sp³-hybridized carbons (Fsp3) is 0.419. The minimum Gasteiger partial charge on any atom is -0.311 e. The maximum absolute atomic E-state index is 2.65. The smallest absolute Gasteiger partial charge is 0.252 e. The van der Waals surface area contributed by atoms with Gasteiger partial charge in [0.1, 0.15) is 0 Å². The molecule has 0 spiro atoms. The number of hydrogen-bond acceptors (Lipinski definition) is 2. The minimum absolute atomic E-state index is 0.0202. The predicted molar refractivity (Wildman–Crippen MR) is 287 cm³/mol. The van der Waals surface area contributed by atoms with Crippen molar-refractivity contribution in [3.8, 4) is 11.1 Å². The highest BCUT2D eigenvalue weighted by molar-refractivity contribution is 7.00. The minimum atomic E-state index is 0.0202. The van der Waals surface area contributed by atoms with E-state index in [2.05, 4.69) is 236 Å². The summed E-state index contributed by atoms with van der Waals surface area (Å²) < 4.78 is 0. The van der Waals surface area contributed by atoms with E-state index in [1.807, 2.05) is 0 Å². The third kappa shape index (κ3) is 7.97. The van der Waals surface area contributed by atoms with Crippen LogP contribution in [0.1, 0.15) is 169 Å². The Balaban J connectivity index is 1.48. The van der Waals surface area contributed by atoms with Gasteiger partial charge in [-0.3, -0.25) is 0 Å². The molecule has 3 heteroatoms. The quantitative estimate of drug-likeness (QED) is 0.107. The lowest BCUT2D eigenvalue weighted by Gasteiger charge is -2.45. The molecule has 0 bridgehead atoms. The number of hydrogen-bond donors (Lipinski definition) is 0. The highest BCUT2D eigenvalue weighted by Crippen LogP contribution is 2.49. The van der Waals surface area contributed by atoms with E-state index in [4.69, 9.17) is 0 Å². The van der Waals surface area contributed by atoms with E-state index < -0.39 is 0 Å². The van der Waals surface area contributed by atoms with Gasteiger partial charge in [0.25, 0.3) is 6.71 Å². The molecule has 0 saturated carbocycles. The van der Waals surface area contributed by atoms with Crippen LogP contribution in [0.15, 0.2) is 115 Å². The number of rotatable bonds is 13. The summed E-state index contributed by atoms with van der Waals surface area (Å²) in [5.41, 5.74) is 22.7. The Labute approximate surface area is 395 Å². The molecule has 65 heavy (non-hydrogen) atoms. The molecule has 0 saturated heterocycles. The lowest BCUT2D eigenvalue weighted by atomic mass is 9.33. The predicted octanol–water partition coefficient (Wildman–Crippen LogP) is 16.2. The van der Waals surface area contributed by atoms with Crippen LogP contribution >= 0.6 is 0 Å². The Bertz CT molecular complexity index is 2730. The van der Waals surface area contributed by atoms with E-state index in [1.54, 1.807) is 0 Å². The lowest BCUT2D eigenvalue weighted by Crippen LogP contribution is -2.61. The molecule has 2 nitrogen and oxygen atoms in total. The monoisotopic (exact) mass is 861 g/mol. The Hall–Kier alpha value is -5.02. The molecule has 338 valence electrons. The Morgan fingerprint density at radius 1 is 0.369 bits per heavy atom. The lowest BCUT2D eigenvalue weighted by molar-refractivity contribution is 0.506. The number of benzene rings is 6. The van der Waals surface area contributed by atoms with Gasteiger partial charge in [-0.25, -0.2) is 0 Å². The summed E-state index contributed by atoms with van der Waals surface area (Å²) in [7, 11) is 0. The molecular weight excluding hydrogens is 784 g/mol. The van der Waals surface area contributed by atoms with Crippen LogP contribution in [0.5, 0.6) is 0 Å². The average molecular weight is 861 g/mol. The summed E-state index contributed by atoms with van der Waals surface area (Å²) in [6.45, 7) is 37.8. The molecule has 6 aromatic rings. The van der Waals surface area contributed by atoms with Gasteiger partial charge >= 0.3 is 0 Å². The van der Waals surface area contributed by atoms with Crippen LogP contribution in [0.4, 0.5) is 34.1 Å². The van der Waals surface area contributed by atoms with Crippen LogP contribution < -0.4 is 26.2 Å². The highest BCUT2D eigenvalue weighted by atomic mass is 15.2. The van der Waals surface area contributed by atoms with Crippen LogP contribution in [-0.2, 0) is 27.1 Å². The van der Waals surface area contributed by atoms with E-state index in [9.17, 15) is 0 Å². The molecular formula is C62H77BN2. The molecule has 8 rings (SSSR count). The zero-order chi connectivity index (χ0) is 47.0. The second-order valence-corrected chi connectivity index (χ2v) is 22.9. The maximum atomic E-state index is 2.65. The summed E-state index contributed by atoms with van der Waals surface area (Å²) in [5.74, 6) is 0. The molecule has 0 atom stereocenters. The van der Waals surface area contributed by atoms with Gasteiger partial charge in [0, 0.05) is 34.0 Å². The summed E-state index contributed by atoms with van der Waals surface area (Å²) in [4.78, 5) is 5.24. The first kappa shape index (κ1) is 46.5. The molecule has 0 aliphatic carbocycles. The number of nitrogens with zero attached hydrogens (tertiary/aromatic N) is 2. The second-order valence-electron chi connectivity index (χ2n) is 22.9. The first-order chi connectivity index (χ1) is 30.6. The molecule has 0 radical (unpaired) electrons. The van der Waals surface area contributed by atoms with Crippen molar-refractivity contribution in [3.05, 3.63) is 149 Å². The van der Waals surface area contributed by atoms with Crippen molar-refractivity contribution in [2.75, 3.05) is 9.80 Å². The molecule has 0 fully saturated rings. The molecule has 0 N–H and O–H groups in total. The van der Waals surface area contributed by atoms with Crippen molar-refractivity contribution in [1.82, 2.24) is 0 Å². The molecule has 0 aromatic heterocycles. The third-order valence-electron chi connectivity index (χ3n) is 17.1. The Morgan fingerprint density at radius 3 is 1.17 bits per heavy atom. The fourth-order valence-corrected chi connectivity index (χ4v) is 10.1. The third-order valence-corrected chi connectivity index (χ3v) is 17.1. The van der Waals surface area contributed by atoms with Gasteiger partial charge in [0.15, 0.2) is 0 Å². The Morgan fingerprint density at radius 2 is 0.723 bits per heavy atom. The van der Waals surface area contributed by atoms with Crippen LogP contribution in [0, 0.1) is 6.92 Å². The number of aryl methyl sites for hydroxylation is 1. The summed E-state index contributed by atoms with van der Waals surface area (Å²) >= 11 is 0. The van der Waals surface area contributed by atoms with Gasteiger partial charge < -0.3 is 9.80 Å². The first-order valence-corrected chi connectivity index (χ1v) is 25.0. The van der Waals surface area contributed by atoms with Gasteiger partial charge in [0.05, 0.1) is 5.69 Å². The molecule has 2 heterocycles. The largest absolute Gasteiger partial charge is 0.311 e. The zero-order valence-corrected chi connectivity index (χ0v) is 43.0. The standard InChI is InChI=1S/C62H77BN2/c1-17-58(7,8)43-24-22-42(23-25-43)49-38-45(60(11,12)19-3)28-33-52(49)65-54-35-30-47(62(15,16)21-5)40-51(54)63-50-39-46(61(13,14)20-4)29-34-53(50)64(55-36-41(6)37-56(65)57(55)63)48-31-26-44(27-32-48)59(9,10)18-2/h22-40H,17-21H2,1-16H3. The normalized spacial score (nSPS) is 14.1. The van der Waals surface area contributed by atoms with Crippen LogP contribution in [0.25, 0.3) is 11.1 Å². The van der Waals surface area contributed by atoms with E-state index in [0.29, 0.717) is 0 Å². The van der Waals surface area contributed by atoms with Gasteiger partial charge in [0.2, 0.25) is 0 Å². The summed E-state index contributed by atoms with van der Waals surface area (Å²) in [6.07, 6.45) is 5.38. The molecule has 0 amide bonds.